The lowest BCUT2D eigenvalue weighted by Crippen LogP contribution is -2.12. The zero-order valence-electron chi connectivity index (χ0n) is 20.8. The van der Waals surface area contributed by atoms with Crippen LogP contribution < -0.4 is 0 Å². The minimum atomic E-state index is -0.339. The van der Waals surface area contributed by atoms with Crippen LogP contribution in [0.4, 0.5) is 5.69 Å². The molecule has 0 radical (unpaired) electrons. The third kappa shape index (κ3) is 5.29. The standard InChI is InChI=1S/C28H30N4O3/c1-18(2)14-20-6-7-21(15-25(20)32(34)35)24-16-23(30-27-12-13-29-31(24)27)17-26(33)19-8-10-22(11-9-19)28(3,4)5/h6-13,15-16,18H,14,17H2,1-5H3. The van der Waals surface area contributed by atoms with Crippen LogP contribution in [0.1, 0.15) is 61.8 Å². The Kier molecular flexibility index (Phi) is 6.52. The number of aromatic nitrogens is 3. The molecule has 2 aromatic carbocycles. The van der Waals surface area contributed by atoms with Crippen molar-refractivity contribution in [2.45, 2.75) is 52.9 Å². The maximum atomic E-state index is 13.0. The SMILES string of the molecule is CC(C)Cc1ccc(-c2cc(CC(=O)c3ccc(C(C)(C)C)cc3)nc3ccnn23)cc1[N+](=O)[O-]. The second-order valence-corrected chi connectivity index (χ2v) is 10.4. The van der Waals surface area contributed by atoms with Crippen LogP contribution in [-0.2, 0) is 18.3 Å². The first-order valence-corrected chi connectivity index (χ1v) is 11.8. The van der Waals surface area contributed by atoms with E-state index in [2.05, 4.69) is 30.9 Å². The summed E-state index contributed by atoms with van der Waals surface area (Å²) in [5, 5.41) is 16.1. The molecule has 0 aliphatic rings. The van der Waals surface area contributed by atoms with Gasteiger partial charge in [0.25, 0.3) is 5.69 Å². The Morgan fingerprint density at radius 3 is 2.40 bits per heavy atom. The van der Waals surface area contributed by atoms with E-state index in [9.17, 15) is 14.9 Å². The smallest absolute Gasteiger partial charge is 0.273 e. The van der Waals surface area contributed by atoms with E-state index in [4.69, 9.17) is 0 Å². The summed E-state index contributed by atoms with van der Waals surface area (Å²) in [6.07, 6.45) is 2.37. The summed E-state index contributed by atoms with van der Waals surface area (Å²) in [5.74, 6) is 0.263. The first-order valence-electron chi connectivity index (χ1n) is 11.8. The lowest BCUT2D eigenvalue weighted by Gasteiger charge is -2.19. The van der Waals surface area contributed by atoms with Crippen molar-refractivity contribution in [2.75, 3.05) is 0 Å². The van der Waals surface area contributed by atoms with Gasteiger partial charge < -0.3 is 0 Å². The molecule has 0 spiro atoms. The molecule has 7 nitrogen and oxygen atoms in total. The van der Waals surface area contributed by atoms with E-state index in [0.717, 1.165) is 5.56 Å². The van der Waals surface area contributed by atoms with Crippen molar-refractivity contribution < 1.29 is 9.72 Å². The van der Waals surface area contributed by atoms with Crippen molar-refractivity contribution in [1.82, 2.24) is 14.6 Å². The van der Waals surface area contributed by atoms with Crippen molar-refractivity contribution >= 4 is 17.1 Å². The van der Waals surface area contributed by atoms with Gasteiger partial charge in [-0.2, -0.15) is 5.10 Å². The molecule has 4 aromatic rings. The highest BCUT2D eigenvalue weighted by Gasteiger charge is 2.19. The lowest BCUT2D eigenvalue weighted by atomic mass is 9.86. The van der Waals surface area contributed by atoms with E-state index in [0.29, 0.717) is 46.1 Å². The second-order valence-electron chi connectivity index (χ2n) is 10.4. The number of Topliss-reactive ketones (excluding diaryl/α,β-unsaturated/α-hetero) is 1. The zero-order valence-corrected chi connectivity index (χ0v) is 20.8. The normalized spacial score (nSPS) is 11.8. The number of carbonyl (C=O) groups is 1. The quantitative estimate of drug-likeness (QED) is 0.181. The lowest BCUT2D eigenvalue weighted by molar-refractivity contribution is -0.385. The van der Waals surface area contributed by atoms with E-state index >= 15 is 0 Å². The summed E-state index contributed by atoms with van der Waals surface area (Å²) in [7, 11) is 0. The van der Waals surface area contributed by atoms with E-state index < -0.39 is 0 Å². The number of hydrogen-bond acceptors (Lipinski definition) is 5. The number of benzene rings is 2. The van der Waals surface area contributed by atoms with Gasteiger partial charge >= 0.3 is 0 Å². The Hall–Kier alpha value is -3.87. The molecular weight excluding hydrogens is 440 g/mol. The Labute approximate surface area is 205 Å². The summed E-state index contributed by atoms with van der Waals surface area (Å²) in [5.41, 5.74) is 5.08. The first kappa shape index (κ1) is 24.3. The molecule has 7 heteroatoms. The molecule has 0 fully saturated rings. The molecule has 0 atom stereocenters. The largest absolute Gasteiger partial charge is 0.294 e. The van der Waals surface area contributed by atoms with E-state index in [-0.39, 0.29) is 28.2 Å². The fraction of sp³-hybridized carbons (Fsp3) is 0.321. The van der Waals surface area contributed by atoms with Gasteiger partial charge in [0.2, 0.25) is 0 Å². The number of nitro benzene ring substituents is 1. The van der Waals surface area contributed by atoms with Crippen LogP contribution in [0.2, 0.25) is 0 Å². The minimum absolute atomic E-state index is 0.0123. The van der Waals surface area contributed by atoms with Gasteiger partial charge in [-0.3, -0.25) is 14.9 Å². The molecule has 0 saturated carbocycles. The topological polar surface area (TPSA) is 90.4 Å². The number of fused-ring (bicyclic) bond motifs is 1. The Balaban J connectivity index is 1.70. The summed E-state index contributed by atoms with van der Waals surface area (Å²) in [4.78, 5) is 29.1. The maximum absolute atomic E-state index is 13.0. The molecule has 0 aliphatic heterocycles. The highest BCUT2D eigenvalue weighted by Crippen LogP contribution is 2.30. The fourth-order valence-corrected chi connectivity index (χ4v) is 4.19. The molecule has 4 rings (SSSR count). The van der Waals surface area contributed by atoms with Crippen molar-refractivity contribution in [1.29, 1.82) is 0 Å². The Morgan fingerprint density at radius 2 is 1.77 bits per heavy atom. The van der Waals surface area contributed by atoms with E-state index in [1.54, 1.807) is 28.9 Å². The van der Waals surface area contributed by atoms with Crippen LogP contribution in [0.3, 0.4) is 0 Å². The molecule has 0 aliphatic carbocycles. The minimum Gasteiger partial charge on any atom is -0.294 e. The summed E-state index contributed by atoms with van der Waals surface area (Å²) >= 11 is 0. The third-order valence-corrected chi connectivity index (χ3v) is 6.03. The molecule has 2 heterocycles. The number of nitro groups is 1. The molecule has 2 aromatic heterocycles. The average molecular weight is 471 g/mol. The maximum Gasteiger partial charge on any atom is 0.273 e. The van der Waals surface area contributed by atoms with Crippen molar-refractivity contribution in [2.24, 2.45) is 5.92 Å². The average Bonchev–Trinajstić information content (AvgIpc) is 3.26. The van der Waals surface area contributed by atoms with Crippen LogP contribution in [0.15, 0.2) is 60.8 Å². The van der Waals surface area contributed by atoms with E-state index in [1.165, 1.54) is 0 Å². The monoisotopic (exact) mass is 470 g/mol. The van der Waals surface area contributed by atoms with Gasteiger partial charge in [-0.05, 0) is 29.4 Å². The molecule has 0 bridgehead atoms. The summed E-state index contributed by atoms with van der Waals surface area (Å²) < 4.78 is 1.65. The van der Waals surface area contributed by atoms with Crippen LogP contribution in [0, 0.1) is 16.0 Å². The van der Waals surface area contributed by atoms with Crippen molar-refractivity contribution in [3.05, 3.63) is 93.3 Å². The third-order valence-electron chi connectivity index (χ3n) is 6.03. The molecule has 0 amide bonds. The number of hydrogen-bond donors (Lipinski definition) is 0. The Bertz CT molecular complexity index is 1400. The first-order chi connectivity index (χ1) is 16.5. The van der Waals surface area contributed by atoms with Gasteiger partial charge in [0.1, 0.15) is 0 Å². The van der Waals surface area contributed by atoms with Crippen LogP contribution in [0.25, 0.3) is 16.9 Å². The summed E-state index contributed by atoms with van der Waals surface area (Å²) in [6.45, 7) is 10.5. The van der Waals surface area contributed by atoms with Gasteiger partial charge in [-0.25, -0.2) is 9.50 Å². The highest BCUT2D eigenvalue weighted by molar-refractivity contribution is 5.97. The molecule has 0 saturated heterocycles. The van der Waals surface area contributed by atoms with Gasteiger partial charge in [-0.15, -0.1) is 0 Å². The van der Waals surface area contributed by atoms with Crippen molar-refractivity contribution in [3.8, 4) is 11.3 Å². The molecular formula is C28H30N4O3. The number of ketones is 1. The Morgan fingerprint density at radius 1 is 1.06 bits per heavy atom. The number of nitrogens with zero attached hydrogens (tertiary/aromatic N) is 4. The van der Waals surface area contributed by atoms with Gasteiger partial charge in [0, 0.05) is 28.8 Å². The zero-order chi connectivity index (χ0) is 25.3. The summed E-state index contributed by atoms with van der Waals surface area (Å²) in [6, 6.07) is 16.5. The van der Waals surface area contributed by atoms with Gasteiger partial charge in [-0.1, -0.05) is 71.0 Å². The van der Waals surface area contributed by atoms with Crippen LogP contribution in [-0.4, -0.2) is 25.3 Å². The van der Waals surface area contributed by atoms with E-state index in [1.807, 2.05) is 50.2 Å². The fourth-order valence-electron chi connectivity index (χ4n) is 4.19. The van der Waals surface area contributed by atoms with Gasteiger partial charge in [0.05, 0.1) is 28.9 Å². The number of rotatable bonds is 7. The second kappa shape index (κ2) is 9.41. The van der Waals surface area contributed by atoms with Crippen LogP contribution in [0.5, 0.6) is 0 Å². The molecule has 0 unspecified atom stereocenters. The molecule has 0 N–H and O–H groups in total. The highest BCUT2D eigenvalue weighted by atomic mass is 16.6. The predicted octanol–water partition coefficient (Wildman–Crippen LogP) is 6.23. The van der Waals surface area contributed by atoms with Crippen LogP contribution >= 0.6 is 0 Å². The predicted molar refractivity (Wildman–Crippen MR) is 137 cm³/mol. The van der Waals surface area contributed by atoms with Crippen molar-refractivity contribution in [3.63, 3.8) is 0 Å². The molecule has 35 heavy (non-hydrogen) atoms. The van der Waals surface area contributed by atoms with Gasteiger partial charge in [0.15, 0.2) is 11.4 Å². The number of carbonyl (C=O) groups excluding carboxylic acids is 1. The molecule has 180 valence electrons.